The fourth-order valence-electron chi connectivity index (χ4n) is 2.74. The van der Waals surface area contributed by atoms with Crippen LogP contribution in [0.25, 0.3) is 16.6 Å². The monoisotopic (exact) mass is 468 g/mol. The van der Waals surface area contributed by atoms with Gasteiger partial charge in [0.1, 0.15) is 17.1 Å². The molecule has 14 heteroatoms. The molecule has 3 rings (SSSR count). The molecule has 0 aliphatic carbocycles. The van der Waals surface area contributed by atoms with Crippen LogP contribution in [0.15, 0.2) is 29.6 Å². The van der Waals surface area contributed by atoms with Gasteiger partial charge in [0.05, 0.1) is 23.5 Å². The molecule has 0 unspecified atom stereocenters. The number of rotatable bonds is 2. The van der Waals surface area contributed by atoms with E-state index in [1.165, 1.54) is 20.8 Å². The van der Waals surface area contributed by atoms with Crippen molar-refractivity contribution in [3.05, 3.63) is 35.9 Å². The molecule has 2 heterocycles. The fraction of sp³-hybridized carbons (Fsp3) is 0.312. The summed E-state index contributed by atoms with van der Waals surface area (Å²) in [6, 6.07) is 0.755. The van der Waals surface area contributed by atoms with Gasteiger partial charge in [0.25, 0.3) is 9.05 Å². The van der Waals surface area contributed by atoms with E-state index in [4.69, 9.17) is 15.4 Å². The largest absolute Gasteiger partial charge is 0.443 e. The van der Waals surface area contributed by atoms with Crippen molar-refractivity contribution in [2.75, 3.05) is 0 Å². The average molecular weight is 469 g/mol. The lowest BCUT2D eigenvalue weighted by molar-refractivity contribution is -0.137. The van der Waals surface area contributed by atoms with Crippen molar-refractivity contribution < 1.29 is 35.5 Å². The van der Waals surface area contributed by atoms with Crippen LogP contribution in [-0.4, -0.2) is 39.7 Å². The standard InChI is InChI=1S/C16H13ClF4N4O4S/c1-15(2,3)29-14(26)24-11(30(17,27)28)6-8-12(25-22-4-5-23-25)9(16(19,20)21)7-10(18)13(8)24/h4-7H,1-3H3. The molecule has 0 fully saturated rings. The minimum atomic E-state index is -5.05. The van der Waals surface area contributed by atoms with E-state index in [1.807, 2.05) is 0 Å². The lowest BCUT2D eigenvalue weighted by Gasteiger charge is -2.21. The van der Waals surface area contributed by atoms with Crippen molar-refractivity contribution in [2.45, 2.75) is 37.6 Å². The third-order valence-corrected chi connectivity index (χ3v) is 5.00. The predicted octanol–water partition coefficient (Wildman–Crippen LogP) is 4.09. The molecule has 0 atom stereocenters. The Labute approximate surface area is 171 Å². The van der Waals surface area contributed by atoms with Gasteiger partial charge in [0.15, 0.2) is 5.03 Å². The molecular weight excluding hydrogens is 456 g/mol. The first-order valence-electron chi connectivity index (χ1n) is 8.11. The Morgan fingerprint density at radius 2 is 1.70 bits per heavy atom. The molecular formula is C16H13ClF4N4O4S. The van der Waals surface area contributed by atoms with Crippen LogP contribution >= 0.6 is 10.7 Å². The van der Waals surface area contributed by atoms with Gasteiger partial charge in [-0.05, 0) is 32.9 Å². The maximum Gasteiger partial charge on any atom is 0.420 e. The Balaban J connectivity index is 2.52. The number of nitrogens with zero attached hydrogens (tertiary/aromatic N) is 4. The molecule has 0 radical (unpaired) electrons. The van der Waals surface area contributed by atoms with E-state index < -0.39 is 59.9 Å². The summed E-state index contributed by atoms with van der Waals surface area (Å²) in [7, 11) is 0.660. The van der Waals surface area contributed by atoms with Crippen LogP contribution in [-0.2, 0) is 20.0 Å². The smallest absolute Gasteiger partial charge is 0.420 e. The lowest BCUT2D eigenvalue weighted by atomic mass is 10.1. The number of hydrogen-bond acceptors (Lipinski definition) is 6. The first-order chi connectivity index (χ1) is 13.6. The van der Waals surface area contributed by atoms with Crippen LogP contribution in [0.3, 0.4) is 0 Å². The highest BCUT2D eigenvalue weighted by molar-refractivity contribution is 8.13. The number of benzene rings is 1. The molecule has 0 N–H and O–H groups in total. The Morgan fingerprint density at radius 1 is 1.13 bits per heavy atom. The van der Waals surface area contributed by atoms with Gasteiger partial charge in [0.2, 0.25) is 0 Å². The van der Waals surface area contributed by atoms with Gasteiger partial charge in [0, 0.05) is 16.1 Å². The second kappa shape index (κ2) is 6.94. The van der Waals surface area contributed by atoms with Gasteiger partial charge >= 0.3 is 12.3 Å². The Hall–Kier alpha value is -2.67. The first-order valence-corrected chi connectivity index (χ1v) is 10.4. The Morgan fingerprint density at radius 3 is 2.17 bits per heavy atom. The molecule has 162 valence electrons. The van der Waals surface area contributed by atoms with Crippen molar-refractivity contribution >= 4 is 36.7 Å². The molecule has 1 aromatic carbocycles. The highest BCUT2D eigenvalue weighted by Crippen LogP contribution is 2.40. The summed E-state index contributed by atoms with van der Waals surface area (Å²) in [4.78, 5) is 13.2. The van der Waals surface area contributed by atoms with Crippen LogP contribution in [0, 0.1) is 5.82 Å². The van der Waals surface area contributed by atoms with Crippen molar-refractivity contribution in [3.63, 3.8) is 0 Å². The van der Waals surface area contributed by atoms with Gasteiger partial charge in [-0.15, -0.1) is 0 Å². The zero-order valence-electron chi connectivity index (χ0n) is 15.5. The molecule has 0 saturated carbocycles. The van der Waals surface area contributed by atoms with Gasteiger partial charge in [-0.25, -0.2) is 22.2 Å². The van der Waals surface area contributed by atoms with Gasteiger partial charge < -0.3 is 4.74 Å². The van der Waals surface area contributed by atoms with Crippen LogP contribution in [0.4, 0.5) is 22.4 Å². The summed E-state index contributed by atoms with van der Waals surface area (Å²) < 4.78 is 85.0. The third-order valence-electron chi connectivity index (χ3n) is 3.72. The van der Waals surface area contributed by atoms with Crippen LogP contribution in [0.2, 0.25) is 0 Å². The number of ether oxygens (including phenoxy) is 1. The minimum absolute atomic E-state index is 0.118. The summed E-state index contributed by atoms with van der Waals surface area (Å²) in [5.74, 6) is -1.52. The van der Waals surface area contributed by atoms with Crippen LogP contribution < -0.4 is 0 Å². The zero-order chi connectivity index (χ0) is 22.6. The normalized spacial score (nSPS) is 13.1. The van der Waals surface area contributed by atoms with E-state index in [1.54, 1.807) is 0 Å². The molecule has 0 saturated heterocycles. The van der Waals surface area contributed by atoms with Crippen LogP contribution in [0.1, 0.15) is 26.3 Å². The summed E-state index contributed by atoms with van der Waals surface area (Å²) >= 11 is 0. The molecule has 0 aliphatic heterocycles. The molecule has 30 heavy (non-hydrogen) atoms. The molecule has 0 bridgehead atoms. The number of fused-ring (bicyclic) bond motifs is 1. The highest BCUT2D eigenvalue weighted by Gasteiger charge is 2.39. The number of halogens is 5. The fourth-order valence-corrected chi connectivity index (χ4v) is 3.73. The number of carbonyl (C=O) groups excluding carboxylic acids is 1. The van der Waals surface area contributed by atoms with E-state index in [-0.39, 0.29) is 10.6 Å². The number of aromatic nitrogens is 4. The summed E-state index contributed by atoms with van der Waals surface area (Å²) in [5.41, 5.74) is -4.18. The predicted molar refractivity (Wildman–Crippen MR) is 96.5 cm³/mol. The molecule has 8 nitrogen and oxygen atoms in total. The lowest BCUT2D eigenvalue weighted by Crippen LogP contribution is -2.28. The summed E-state index contributed by atoms with van der Waals surface area (Å²) in [6.07, 6.45) is -4.26. The van der Waals surface area contributed by atoms with E-state index in [0.29, 0.717) is 10.9 Å². The van der Waals surface area contributed by atoms with Crippen molar-refractivity contribution in [3.8, 4) is 5.69 Å². The average Bonchev–Trinajstić information content (AvgIpc) is 3.19. The van der Waals surface area contributed by atoms with E-state index in [9.17, 15) is 30.8 Å². The maximum absolute atomic E-state index is 14.8. The van der Waals surface area contributed by atoms with E-state index in [2.05, 4.69) is 10.2 Å². The Bertz CT molecular complexity index is 1250. The maximum atomic E-state index is 14.8. The summed E-state index contributed by atoms with van der Waals surface area (Å²) in [5, 5.41) is 5.66. The number of hydrogen-bond donors (Lipinski definition) is 0. The second-order valence-electron chi connectivity index (χ2n) is 7.07. The molecule has 3 aromatic rings. The molecule has 0 amide bonds. The van der Waals surface area contributed by atoms with Gasteiger partial charge in [-0.3, -0.25) is 0 Å². The molecule has 0 aliphatic rings. The topological polar surface area (TPSA) is 96.1 Å². The van der Waals surface area contributed by atoms with E-state index in [0.717, 1.165) is 12.4 Å². The van der Waals surface area contributed by atoms with E-state index >= 15 is 0 Å². The van der Waals surface area contributed by atoms with Crippen molar-refractivity contribution in [1.29, 1.82) is 0 Å². The van der Waals surface area contributed by atoms with Crippen molar-refractivity contribution in [2.24, 2.45) is 0 Å². The SMILES string of the molecule is CC(C)(C)OC(=O)n1c(S(=O)(=O)Cl)cc2c(-n3nccn3)c(C(F)(F)F)cc(F)c21. The molecule has 2 aromatic heterocycles. The second-order valence-corrected chi connectivity index (χ2v) is 9.58. The van der Waals surface area contributed by atoms with Crippen molar-refractivity contribution in [1.82, 2.24) is 19.6 Å². The first kappa shape index (κ1) is 22.0. The third kappa shape index (κ3) is 3.99. The molecule has 0 spiro atoms. The highest BCUT2D eigenvalue weighted by atomic mass is 35.7. The zero-order valence-corrected chi connectivity index (χ0v) is 17.1. The summed E-state index contributed by atoms with van der Waals surface area (Å²) in [6.45, 7) is 4.38. The van der Waals surface area contributed by atoms with Crippen LogP contribution in [0.5, 0.6) is 0 Å². The number of alkyl halides is 3. The Kier molecular flexibility index (Phi) is 5.10. The number of carbonyl (C=O) groups is 1. The quantitative estimate of drug-likeness (QED) is 0.415. The minimum Gasteiger partial charge on any atom is -0.443 e. The van der Waals surface area contributed by atoms with Gasteiger partial charge in [-0.1, -0.05) is 0 Å². The van der Waals surface area contributed by atoms with Gasteiger partial charge in [-0.2, -0.15) is 28.2 Å².